The van der Waals surface area contributed by atoms with Gasteiger partial charge in [0, 0.05) is 18.4 Å². The zero-order valence-corrected chi connectivity index (χ0v) is 21.9. The van der Waals surface area contributed by atoms with Crippen molar-refractivity contribution in [3.63, 3.8) is 0 Å². The average Bonchev–Trinajstić information content (AvgIpc) is 3.62. The molecule has 1 saturated carbocycles. The number of likely N-dealkylation sites (tertiary alicyclic amines) is 1. The Labute approximate surface area is 231 Å². The maximum absolute atomic E-state index is 14.1. The van der Waals surface area contributed by atoms with E-state index in [1.807, 2.05) is 36.4 Å². The van der Waals surface area contributed by atoms with Crippen LogP contribution in [0.1, 0.15) is 41.5 Å². The van der Waals surface area contributed by atoms with E-state index in [-0.39, 0.29) is 31.0 Å². The normalized spacial score (nSPS) is 23.1. The lowest BCUT2D eigenvalue weighted by molar-refractivity contribution is -0.148. The monoisotopic (exact) mass is 544 g/mol. The minimum Gasteiger partial charge on any atom is -0.469 e. The molecule has 0 radical (unpaired) electrons. The fourth-order valence-electron chi connectivity index (χ4n) is 5.85. The number of carbonyl (C=O) groups is 3. The van der Waals surface area contributed by atoms with Gasteiger partial charge in [-0.3, -0.25) is 14.4 Å². The molecule has 3 aromatic rings. The summed E-state index contributed by atoms with van der Waals surface area (Å²) in [4.78, 5) is 43.2. The van der Waals surface area contributed by atoms with Crippen molar-refractivity contribution in [2.75, 3.05) is 13.9 Å². The Morgan fingerprint density at radius 2 is 1.68 bits per heavy atom. The molecular weight excluding hydrogens is 515 g/mol. The Morgan fingerprint density at radius 3 is 2.38 bits per heavy atom. The Balaban J connectivity index is 1.46. The number of hydrogen-bond donors (Lipinski definition) is 1. The summed E-state index contributed by atoms with van der Waals surface area (Å²) in [6.45, 7) is 0.218. The molecule has 8 nitrogen and oxygen atoms in total. The maximum Gasteiger partial charge on any atom is 0.311 e. The number of benzene rings is 3. The summed E-state index contributed by atoms with van der Waals surface area (Å²) in [5, 5.41) is 2.94. The van der Waals surface area contributed by atoms with Crippen LogP contribution < -0.4 is 14.8 Å². The molecule has 2 heterocycles. The molecule has 4 unspecified atom stereocenters. The second-order valence-corrected chi connectivity index (χ2v) is 10.4. The highest BCUT2D eigenvalue weighted by atomic mass is 19.1. The molecule has 2 aliphatic heterocycles. The number of ether oxygens (including phenoxy) is 3. The van der Waals surface area contributed by atoms with Crippen molar-refractivity contribution >= 4 is 17.8 Å². The first-order valence-corrected chi connectivity index (χ1v) is 13.3. The molecular formula is C31H29FN2O6. The Hall–Kier alpha value is -4.40. The summed E-state index contributed by atoms with van der Waals surface area (Å²) >= 11 is 0. The molecule has 3 aliphatic rings. The highest BCUT2D eigenvalue weighted by Gasteiger charge is 2.59. The first-order chi connectivity index (χ1) is 19.5. The molecule has 206 valence electrons. The number of carbonyl (C=O) groups excluding carboxylic acids is 3. The van der Waals surface area contributed by atoms with Crippen molar-refractivity contribution in [3.05, 3.63) is 95.3 Å². The number of nitrogens with one attached hydrogen (secondary N) is 1. The maximum atomic E-state index is 14.1. The number of amides is 2. The van der Waals surface area contributed by atoms with Crippen LogP contribution in [0.2, 0.25) is 0 Å². The van der Waals surface area contributed by atoms with Crippen molar-refractivity contribution in [1.29, 1.82) is 0 Å². The van der Waals surface area contributed by atoms with Crippen LogP contribution in [0, 0.1) is 17.7 Å². The molecule has 3 aromatic carbocycles. The Kier molecular flexibility index (Phi) is 6.88. The third kappa shape index (κ3) is 4.76. The number of nitrogens with zero attached hydrogens (tertiary/aromatic N) is 1. The van der Waals surface area contributed by atoms with Crippen molar-refractivity contribution in [3.8, 4) is 11.5 Å². The molecule has 2 amide bonds. The van der Waals surface area contributed by atoms with Gasteiger partial charge in [0.25, 0.3) is 0 Å². The minimum atomic E-state index is -0.990. The van der Waals surface area contributed by atoms with Crippen molar-refractivity contribution in [2.24, 2.45) is 11.8 Å². The lowest BCUT2D eigenvalue weighted by Crippen LogP contribution is -2.49. The van der Waals surface area contributed by atoms with E-state index in [0.29, 0.717) is 22.6 Å². The molecule has 2 fully saturated rings. The fourth-order valence-corrected chi connectivity index (χ4v) is 5.85. The zero-order chi connectivity index (χ0) is 27.8. The predicted octanol–water partition coefficient (Wildman–Crippen LogP) is 4.11. The number of halogens is 1. The predicted molar refractivity (Wildman–Crippen MR) is 142 cm³/mol. The second-order valence-electron chi connectivity index (χ2n) is 10.4. The summed E-state index contributed by atoms with van der Waals surface area (Å²) < 4.78 is 29.8. The van der Waals surface area contributed by atoms with Gasteiger partial charge in [-0.2, -0.15) is 0 Å². The molecule has 1 aliphatic carbocycles. The first-order valence-electron chi connectivity index (χ1n) is 13.3. The molecule has 1 saturated heterocycles. The van der Waals surface area contributed by atoms with Gasteiger partial charge in [0.15, 0.2) is 11.5 Å². The van der Waals surface area contributed by atoms with Crippen LogP contribution in [-0.4, -0.2) is 42.6 Å². The van der Waals surface area contributed by atoms with E-state index >= 15 is 0 Å². The van der Waals surface area contributed by atoms with Gasteiger partial charge in [0.1, 0.15) is 11.9 Å². The number of rotatable bonds is 7. The number of hydrogen-bond acceptors (Lipinski definition) is 6. The van der Waals surface area contributed by atoms with Crippen LogP contribution in [0.5, 0.6) is 11.5 Å². The van der Waals surface area contributed by atoms with Crippen LogP contribution in [0.15, 0.2) is 72.8 Å². The van der Waals surface area contributed by atoms with E-state index in [1.54, 1.807) is 29.2 Å². The molecule has 40 heavy (non-hydrogen) atoms. The Morgan fingerprint density at radius 1 is 0.950 bits per heavy atom. The number of methoxy groups -OCH3 is 1. The van der Waals surface area contributed by atoms with E-state index in [9.17, 15) is 18.8 Å². The van der Waals surface area contributed by atoms with Crippen LogP contribution in [0.4, 0.5) is 4.39 Å². The van der Waals surface area contributed by atoms with E-state index in [2.05, 4.69) is 5.32 Å². The average molecular weight is 545 g/mol. The zero-order valence-electron chi connectivity index (χ0n) is 21.9. The highest BCUT2D eigenvalue weighted by molar-refractivity contribution is 5.94. The summed E-state index contributed by atoms with van der Waals surface area (Å²) in [5.41, 5.74) is 2.11. The molecule has 6 rings (SSSR count). The van der Waals surface area contributed by atoms with Crippen LogP contribution in [0.25, 0.3) is 0 Å². The van der Waals surface area contributed by atoms with Gasteiger partial charge in [-0.15, -0.1) is 0 Å². The first kappa shape index (κ1) is 25.9. The van der Waals surface area contributed by atoms with Crippen molar-refractivity contribution in [1.82, 2.24) is 10.2 Å². The molecule has 1 N–H and O–H groups in total. The van der Waals surface area contributed by atoms with Gasteiger partial charge >= 0.3 is 5.97 Å². The summed E-state index contributed by atoms with van der Waals surface area (Å²) in [6, 6.07) is 18.7. The van der Waals surface area contributed by atoms with Crippen molar-refractivity contribution < 1.29 is 33.0 Å². The summed E-state index contributed by atoms with van der Waals surface area (Å²) in [5.74, 6) is -2.12. The topological polar surface area (TPSA) is 94.2 Å². The molecule has 0 spiro atoms. The lowest BCUT2D eigenvalue weighted by atomic mass is 9.79. The summed E-state index contributed by atoms with van der Waals surface area (Å²) in [6.07, 6.45) is 1.46. The fraction of sp³-hybridized carbons (Fsp3) is 0.323. The van der Waals surface area contributed by atoms with Gasteiger partial charge in [-0.05, 0) is 53.8 Å². The number of fused-ring (bicyclic) bond motifs is 1. The Bertz CT molecular complexity index is 1430. The van der Waals surface area contributed by atoms with Crippen LogP contribution in [0.3, 0.4) is 0 Å². The van der Waals surface area contributed by atoms with Crippen molar-refractivity contribution in [2.45, 2.75) is 37.4 Å². The van der Waals surface area contributed by atoms with Gasteiger partial charge < -0.3 is 24.4 Å². The quantitative estimate of drug-likeness (QED) is 0.450. The van der Waals surface area contributed by atoms with E-state index in [0.717, 1.165) is 18.4 Å². The third-order valence-electron chi connectivity index (χ3n) is 7.89. The molecule has 9 heteroatoms. The third-order valence-corrected chi connectivity index (χ3v) is 7.89. The van der Waals surface area contributed by atoms with Crippen LogP contribution in [-0.2, 0) is 25.7 Å². The SMILES string of the molecule is COC(=O)C1C(c2ccccc2)C(C(=O)NCc2ccc(F)cc2)N(C(=O)C2CC2)C1c1ccc2c(c1)OCO2. The van der Waals surface area contributed by atoms with Gasteiger partial charge in [-0.25, -0.2) is 4.39 Å². The molecule has 0 bridgehead atoms. The van der Waals surface area contributed by atoms with Crippen LogP contribution >= 0.6 is 0 Å². The minimum absolute atomic E-state index is 0.0790. The highest BCUT2D eigenvalue weighted by Crippen LogP contribution is 2.53. The van der Waals surface area contributed by atoms with Gasteiger partial charge in [0.05, 0.1) is 19.1 Å². The summed E-state index contributed by atoms with van der Waals surface area (Å²) in [7, 11) is 1.32. The number of esters is 1. The molecule has 4 atom stereocenters. The molecule has 0 aromatic heterocycles. The van der Waals surface area contributed by atoms with E-state index < -0.39 is 35.8 Å². The largest absolute Gasteiger partial charge is 0.469 e. The smallest absolute Gasteiger partial charge is 0.311 e. The van der Waals surface area contributed by atoms with Gasteiger partial charge in [-0.1, -0.05) is 48.5 Å². The van der Waals surface area contributed by atoms with Gasteiger partial charge in [0.2, 0.25) is 18.6 Å². The van der Waals surface area contributed by atoms with E-state index in [1.165, 1.54) is 19.2 Å². The second kappa shape index (κ2) is 10.6. The standard InChI is InChI=1S/C31H29FN2O6/c1-38-31(37)26-25(19-5-3-2-4-6-19)28(29(35)33-16-18-7-12-22(32)13-8-18)34(30(36)20-9-10-20)27(26)21-11-14-23-24(15-21)40-17-39-23/h2-8,11-15,20,25-28H,9-10,16-17H2,1H3,(H,33,35). The van der Waals surface area contributed by atoms with E-state index in [4.69, 9.17) is 14.2 Å². The lowest BCUT2D eigenvalue weighted by Gasteiger charge is -2.31.